The lowest BCUT2D eigenvalue weighted by Crippen LogP contribution is -2.22. The smallest absolute Gasteiger partial charge is 0.140 e. The molecule has 0 bridgehead atoms. The number of halogens is 1. The van der Waals surface area contributed by atoms with Gasteiger partial charge in [0.2, 0.25) is 0 Å². The van der Waals surface area contributed by atoms with Gasteiger partial charge < -0.3 is 10.5 Å². The van der Waals surface area contributed by atoms with E-state index < -0.39 is 8.07 Å². The summed E-state index contributed by atoms with van der Waals surface area (Å²) >= 11 is 0. The van der Waals surface area contributed by atoms with Gasteiger partial charge in [0.05, 0.1) is 11.4 Å². The molecule has 0 amide bonds. The van der Waals surface area contributed by atoms with E-state index in [0.29, 0.717) is 6.73 Å². The van der Waals surface area contributed by atoms with Gasteiger partial charge >= 0.3 is 0 Å². The zero-order chi connectivity index (χ0) is 17.0. The molecule has 24 heavy (non-hydrogen) atoms. The van der Waals surface area contributed by atoms with Crippen molar-refractivity contribution in [2.75, 3.05) is 12.3 Å². The number of hydrogen-bond donors (Lipinski definition) is 1. The van der Waals surface area contributed by atoms with Crippen LogP contribution in [0.2, 0.25) is 25.7 Å². The highest BCUT2D eigenvalue weighted by molar-refractivity contribution is 6.76. The van der Waals surface area contributed by atoms with Crippen LogP contribution >= 0.6 is 12.4 Å². The number of benzene rings is 1. The molecule has 0 radical (unpaired) electrons. The van der Waals surface area contributed by atoms with Crippen molar-refractivity contribution < 1.29 is 4.74 Å². The van der Waals surface area contributed by atoms with Gasteiger partial charge in [0.15, 0.2) is 0 Å². The Morgan fingerprint density at radius 3 is 2.42 bits per heavy atom. The van der Waals surface area contributed by atoms with E-state index in [4.69, 9.17) is 10.5 Å². The van der Waals surface area contributed by atoms with Crippen LogP contribution in [0.25, 0.3) is 17.2 Å². The molecule has 0 atom stereocenters. The number of nitrogens with two attached hydrogens (primary N) is 1. The summed E-state index contributed by atoms with van der Waals surface area (Å²) in [7, 11) is -1.07. The molecule has 0 spiro atoms. The standard InChI is InChI=1S/C18H27N3OSi.ClH/c1-6-17-18(15-7-9-16(19)10-8-15)14(2)20-21(17)13-22-11-12-23(3,4)5;/h6-10H,1,11-13,19H2,2-5H3;1H. The average molecular weight is 366 g/mol. The van der Waals surface area contributed by atoms with E-state index in [2.05, 4.69) is 31.3 Å². The molecule has 0 saturated heterocycles. The molecule has 0 unspecified atom stereocenters. The van der Waals surface area contributed by atoms with Gasteiger partial charge in [0.25, 0.3) is 0 Å². The van der Waals surface area contributed by atoms with E-state index in [-0.39, 0.29) is 12.4 Å². The maximum absolute atomic E-state index is 5.83. The van der Waals surface area contributed by atoms with Crippen LogP contribution < -0.4 is 5.73 Å². The normalized spacial score (nSPS) is 11.2. The highest BCUT2D eigenvalue weighted by Gasteiger charge is 2.16. The van der Waals surface area contributed by atoms with Gasteiger partial charge in [-0.1, -0.05) is 38.4 Å². The SMILES string of the molecule is C=Cc1c(-c2ccc(N)cc2)c(C)nn1COCC[Si](C)(C)C.Cl. The van der Waals surface area contributed by atoms with Gasteiger partial charge in [-0.25, -0.2) is 4.68 Å². The lowest BCUT2D eigenvalue weighted by Gasteiger charge is -2.15. The highest BCUT2D eigenvalue weighted by Crippen LogP contribution is 2.29. The minimum atomic E-state index is -1.07. The number of nitrogen functional groups attached to an aromatic ring is 1. The largest absolute Gasteiger partial charge is 0.399 e. The van der Waals surface area contributed by atoms with Crippen LogP contribution in [-0.2, 0) is 11.5 Å². The number of nitrogens with zero attached hydrogens (tertiary/aromatic N) is 2. The summed E-state index contributed by atoms with van der Waals surface area (Å²) in [6, 6.07) is 9.00. The van der Waals surface area contributed by atoms with E-state index in [1.54, 1.807) is 0 Å². The predicted octanol–water partition coefficient (Wildman–Crippen LogP) is 4.82. The summed E-state index contributed by atoms with van der Waals surface area (Å²) in [6.45, 7) is 14.2. The molecule has 1 aromatic heterocycles. The number of anilines is 1. The maximum atomic E-state index is 5.83. The molecule has 1 heterocycles. The second-order valence-electron chi connectivity index (χ2n) is 7.02. The second-order valence-corrected chi connectivity index (χ2v) is 12.6. The van der Waals surface area contributed by atoms with Crippen molar-refractivity contribution in [2.24, 2.45) is 0 Å². The number of hydrogen-bond acceptors (Lipinski definition) is 3. The fourth-order valence-electron chi connectivity index (χ4n) is 2.44. The first-order valence-electron chi connectivity index (χ1n) is 7.95. The van der Waals surface area contributed by atoms with Crippen LogP contribution in [0.1, 0.15) is 11.4 Å². The Hall–Kier alpha value is -1.56. The summed E-state index contributed by atoms with van der Waals surface area (Å²) < 4.78 is 7.72. The molecule has 132 valence electrons. The number of ether oxygens (including phenoxy) is 1. The van der Waals surface area contributed by atoms with E-state index >= 15 is 0 Å². The Labute approximate surface area is 152 Å². The van der Waals surface area contributed by atoms with Crippen molar-refractivity contribution in [1.82, 2.24) is 9.78 Å². The molecule has 2 aromatic rings. The third kappa shape index (κ3) is 5.23. The summed E-state index contributed by atoms with van der Waals surface area (Å²) in [5.41, 5.74) is 10.7. The Morgan fingerprint density at radius 2 is 1.88 bits per heavy atom. The van der Waals surface area contributed by atoms with Crippen molar-refractivity contribution >= 4 is 32.2 Å². The first-order valence-corrected chi connectivity index (χ1v) is 11.7. The first kappa shape index (κ1) is 20.5. The first-order chi connectivity index (χ1) is 10.8. The third-order valence-corrected chi connectivity index (χ3v) is 5.47. The second kappa shape index (κ2) is 8.51. The fraction of sp³-hybridized carbons (Fsp3) is 0.389. The zero-order valence-electron chi connectivity index (χ0n) is 15.0. The molecule has 0 aliphatic heterocycles. The Kier molecular flexibility index (Phi) is 7.26. The van der Waals surface area contributed by atoms with Gasteiger partial charge in [0, 0.05) is 25.9 Å². The van der Waals surface area contributed by atoms with E-state index in [9.17, 15) is 0 Å². The quantitative estimate of drug-likeness (QED) is 0.435. The molecular weight excluding hydrogens is 338 g/mol. The molecule has 2 rings (SSSR count). The van der Waals surface area contributed by atoms with Crippen LogP contribution in [0.5, 0.6) is 0 Å². The van der Waals surface area contributed by atoms with E-state index in [1.165, 1.54) is 0 Å². The Morgan fingerprint density at radius 1 is 1.25 bits per heavy atom. The highest BCUT2D eigenvalue weighted by atomic mass is 35.5. The van der Waals surface area contributed by atoms with Gasteiger partial charge in [0.1, 0.15) is 6.73 Å². The third-order valence-electron chi connectivity index (χ3n) is 3.77. The molecule has 0 aliphatic rings. The minimum absolute atomic E-state index is 0. The van der Waals surface area contributed by atoms with Gasteiger partial charge in [-0.2, -0.15) is 5.10 Å². The maximum Gasteiger partial charge on any atom is 0.140 e. The summed E-state index contributed by atoms with van der Waals surface area (Å²) in [6.07, 6.45) is 1.84. The number of aryl methyl sites for hydroxylation is 1. The Bertz CT molecular complexity index is 675. The molecule has 2 N–H and O–H groups in total. The predicted molar refractivity (Wildman–Crippen MR) is 108 cm³/mol. The van der Waals surface area contributed by atoms with Crippen molar-refractivity contribution in [3.05, 3.63) is 42.2 Å². The average Bonchev–Trinajstić information content (AvgIpc) is 2.79. The van der Waals surface area contributed by atoms with Gasteiger partial charge in [-0.15, -0.1) is 12.4 Å². The molecule has 0 saturated carbocycles. The van der Waals surface area contributed by atoms with E-state index in [0.717, 1.165) is 40.9 Å². The summed E-state index contributed by atoms with van der Waals surface area (Å²) in [5.74, 6) is 0. The molecule has 6 heteroatoms. The van der Waals surface area contributed by atoms with E-state index in [1.807, 2.05) is 41.9 Å². The minimum Gasteiger partial charge on any atom is -0.399 e. The summed E-state index contributed by atoms with van der Waals surface area (Å²) in [5, 5.41) is 4.61. The van der Waals surface area contributed by atoms with Crippen LogP contribution in [0.15, 0.2) is 30.8 Å². The molecule has 0 fully saturated rings. The number of aromatic nitrogens is 2. The van der Waals surface area contributed by atoms with Crippen LogP contribution in [0.4, 0.5) is 5.69 Å². The van der Waals surface area contributed by atoms with Crippen LogP contribution in [0.3, 0.4) is 0 Å². The van der Waals surface area contributed by atoms with Crippen molar-refractivity contribution in [3.63, 3.8) is 0 Å². The van der Waals surface area contributed by atoms with Crippen molar-refractivity contribution in [3.8, 4) is 11.1 Å². The van der Waals surface area contributed by atoms with Gasteiger partial charge in [-0.3, -0.25) is 0 Å². The fourth-order valence-corrected chi connectivity index (χ4v) is 3.20. The molecule has 0 aliphatic carbocycles. The van der Waals surface area contributed by atoms with Crippen LogP contribution in [0, 0.1) is 6.92 Å². The molecular formula is C18H28ClN3OSi. The molecule has 1 aromatic carbocycles. The zero-order valence-corrected chi connectivity index (χ0v) is 16.8. The number of rotatable bonds is 7. The van der Waals surface area contributed by atoms with Crippen LogP contribution in [-0.4, -0.2) is 24.5 Å². The van der Waals surface area contributed by atoms with Crippen molar-refractivity contribution in [2.45, 2.75) is 39.3 Å². The van der Waals surface area contributed by atoms with Crippen molar-refractivity contribution in [1.29, 1.82) is 0 Å². The lowest BCUT2D eigenvalue weighted by atomic mass is 10.0. The van der Waals surface area contributed by atoms with Gasteiger partial charge in [-0.05, 0) is 36.7 Å². The summed E-state index contributed by atoms with van der Waals surface area (Å²) in [4.78, 5) is 0. The Balaban J connectivity index is 0.00000288. The lowest BCUT2D eigenvalue weighted by molar-refractivity contribution is 0.0780. The molecule has 4 nitrogen and oxygen atoms in total. The topological polar surface area (TPSA) is 53.1 Å². The monoisotopic (exact) mass is 365 g/mol.